The quantitative estimate of drug-likeness (QED) is 0.901. The predicted molar refractivity (Wildman–Crippen MR) is 73.2 cm³/mol. The highest BCUT2D eigenvalue weighted by Gasteiger charge is 2.31. The molecule has 1 atom stereocenters. The summed E-state index contributed by atoms with van der Waals surface area (Å²) in [5.74, 6) is -0.224. The van der Waals surface area contributed by atoms with Crippen LogP contribution in [0.2, 0.25) is 0 Å². The van der Waals surface area contributed by atoms with E-state index in [1.807, 2.05) is 12.2 Å². The van der Waals surface area contributed by atoms with Crippen LogP contribution in [0.5, 0.6) is 0 Å². The Morgan fingerprint density at radius 2 is 2.28 bits per heavy atom. The molecule has 18 heavy (non-hydrogen) atoms. The van der Waals surface area contributed by atoms with Crippen molar-refractivity contribution in [2.75, 3.05) is 6.54 Å². The number of nitrogens with zero attached hydrogens (tertiary/aromatic N) is 1. The molecule has 0 spiro atoms. The normalized spacial score (nSPS) is 22.8. The van der Waals surface area contributed by atoms with E-state index in [1.54, 1.807) is 6.07 Å². The van der Waals surface area contributed by atoms with E-state index in [2.05, 4.69) is 17.1 Å². The maximum atomic E-state index is 13.2. The van der Waals surface area contributed by atoms with Crippen LogP contribution in [-0.2, 0) is 5.41 Å². The molecule has 2 nitrogen and oxygen atoms in total. The van der Waals surface area contributed by atoms with Crippen molar-refractivity contribution in [2.45, 2.75) is 11.8 Å². The number of rotatable bonds is 2. The van der Waals surface area contributed by atoms with Crippen LogP contribution in [0, 0.1) is 5.82 Å². The lowest BCUT2D eigenvalue weighted by Gasteiger charge is -2.27. The monoisotopic (exact) mass is 260 g/mol. The lowest BCUT2D eigenvalue weighted by molar-refractivity contribution is 0.547. The molecule has 4 heteroatoms. The summed E-state index contributed by atoms with van der Waals surface area (Å²) in [4.78, 5) is 4.61. The van der Waals surface area contributed by atoms with Crippen LogP contribution in [0.15, 0.2) is 42.5 Å². The number of fused-ring (bicyclic) bond motifs is 1. The van der Waals surface area contributed by atoms with Crippen LogP contribution >= 0.6 is 11.3 Å². The molecule has 0 amide bonds. The molecular weight excluding hydrogens is 247 g/mol. The van der Waals surface area contributed by atoms with E-state index >= 15 is 0 Å². The molecule has 0 radical (unpaired) electrons. The van der Waals surface area contributed by atoms with Gasteiger partial charge >= 0.3 is 0 Å². The van der Waals surface area contributed by atoms with Gasteiger partial charge in [-0.25, -0.2) is 9.37 Å². The van der Waals surface area contributed by atoms with Gasteiger partial charge in [0.15, 0.2) is 0 Å². The van der Waals surface area contributed by atoms with Crippen molar-refractivity contribution >= 4 is 21.6 Å². The minimum atomic E-state index is -0.227. The number of aromatic nitrogens is 1. The largest absolute Gasteiger partial charge is 0.329 e. The fourth-order valence-electron chi connectivity index (χ4n) is 2.17. The van der Waals surface area contributed by atoms with Gasteiger partial charge in [-0.3, -0.25) is 0 Å². The Bertz CT molecular complexity index is 644. The first-order valence-electron chi connectivity index (χ1n) is 5.84. The van der Waals surface area contributed by atoms with Gasteiger partial charge in [0.1, 0.15) is 10.8 Å². The fourth-order valence-corrected chi connectivity index (χ4v) is 3.35. The summed E-state index contributed by atoms with van der Waals surface area (Å²) in [7, 11) is 0. The summed E-state index contributed by atoms with van der Waals surface area (Å²) in [5, 5.41) is 0.964. The summed E-state index contributed by atoms with van der Waals surface area (Å²) in [5.41, 5.74) is 6.54. The third kappa shape index (κ3) is 1.78. The van der Waals surface area contributed by atoms with Crippen molar-refractivity contribution in [3.8, 4) is 0 Å². The second-order valence-electron chi connectivity index (χ2n) is 4.48. The van der Waals surface area contributed by atoms with Gasteiger partial charge < -0.3 is 5.73 Å². The van der Waals surface area contributed by atoms with Crippen LogP contribution in [0.1, 0.15) is 11.4 Å². The number of thiazole rings is 1. The van der Waals surface area contributed by atoms with Crippen molar-refractivity contribution in [3.05, 3.63) is 53.3 Å². The third-order valence-corrected chi connectivity index (χ3v) is 4.52. The van der Waals surface area contributed by atoms with Gasteiger partial charge in [-0.1, -0.05) is 24.3 Å². The van der Waals surface area contributed by atoms with Gasteiger partial charge in [0, 0.05) is 6.54 Å². The molecule has 92 valence electrons. The Labute approximate surface area is 109 Å². The lowest BCUT2D eigenvalue weighted by Crippen LogP contribution is -2.33. The summed E-state index contributed by atoms with van der Waals surface area (Å²) >= 11 is 1.53. The van der Waals surface area contributed by atoms with Crippen LogP contribution in [0.4, 0.5) is 4.39 Å². The molecule has 0 saturated heterocycles. The fraction of sp³-hybridized carbons (Fsp3) is 0.214. The molecule has 2 N–H and O–H groups in total. The van der Waals surface area contributed by atoms with E-state index in [0.717, 1.165) is 21.6 Å². The molecule has 1 aromatic heterocycles. The topological polar surface area (TPSA) is 38.9 Å². The van der Waals surface area contributed by atoms with Gasteiger partial charge in [-0.05, 0) is 24.6 Å². The van der Waals surface area contributed by atoms with Gasteiger partial charge in [0.05, 0.1) is 15.6 Å². The Hall–Kier alpha value is -1.52. The lowest BCUT2D eigenvalue weighted by atomic mass is 9.82. The molecule has 1 heterocycles. The molecule has 0 aliphatic heterocycles. The van der Waals surface area contributed by atoms with E-state index in [0.29, 0.717) is 6.54 Å². The minimum Gasteiger partial charge on any atom is -0.329 e. The van der Waals surface area contributed by atoms with E-state index in [9.17, 15) is 4.39 Å². The molecule has 0 saturated carbocycles. The molecule has 2 aromatic rings. The second-order valence-corrected chi connectivity index (χ2v) is 5.51. The third-order valence-electron chi connectivity index (χ3n) is 3.29. The van der Waals surface area contributed by atoms with Gasteiger partial charge in [-0.15, -0.1) is 11.3 Å². The van der Waals surface area contributed by atoms with Crippen molar-refractivity contribution in [1.29, 1.82) is 0 Å². The van der Waals surface area contributed by atoms with E-state index < -0.39 is 0 Å². The molecular formula is C14H13FN2S. The zero-order valence-corrected chi connectivity index (χ0v) is 10.6. The number of hydrogen-bond donors (Lipinski definition) is 1. The first kappa shape index (κ1) is 11.6. The SMILES string of the molecule is NCC1(c2nc3ccc(F)cc3s2)C=CC=CC1. The van der Waals surface area contributed by atoms with Crippen molar-refractivity contribution in [3.63, 3.8) is 0 Å². The van der Waals surface area contributed by atoms with Gasteiger partial charge in [0.25, 0.3) is 0 Å². The van der Waals surface area contributed by atoms with Crippen molar-refractivity contribution < 1.29 is 4.39 Å². The predicted octanol–water partition coefficient (Wildman–Crippen LogP) is 3.15. The highest BCUT2D eigenvalue weighted by atomic mass is 32.1. The highest BCUT2D eigenvalue weighted by molar-refractivity contribution is 7.18. The smallest absolute Gasteiger partial charge is 0.124 e. The van der Waals surface area contributed by atoms with Gasteiger partial charge in [0.2, 0.25) is 0 Å². The van der Waals surface area contributed by atoms with Crippen LogP contribution in [-0.4, -0.2) is 11.5 Å². The second kappa shape index (κ2) is 4.30. The average molecular weight is 260 g/mol. The van der Waals surface area contributed by atoms with Crippen LogP contribution in [0.3, 0.4) is 0 Å². The van der Waals surface area contributed by atoms with E-state index in [-0.39, 0.29) is 11.2 Å². The Kier molecular flexibility index (Phi) is 2.76. The Balaban J connectivity index is 2.13. The Morgan fingerprint density at radius 1 is 1.39 bits per heavy atom. The zero-order chi connectivity index (χ0) is 12.6. The van der Waals surface area contributed by atoms with Crippen molar-refractivity contribution in [1.82, 2.24) is 4.98 Å². The maximum Gasteiger partial charge on any atom is 0.124 e. The summed E-state index contributed by atoms with van der Waals surface area (Å²) in [6.45, 7) is 0.510. The summed E-state index contributed by atoms with van der Waals surface area (Å²) in [6, 6.07) is 4.69. The zero-order valence-electron chi connectivity index (χ0n) is 9.77. The average Bonchev–Trinajstić information content (AvgIpc) is 2.83. The molecule has 1 aromatic carbocycles. The summed E-state index contributed by atoms with van der Waals surface area (Å²) in [6.07, 6.45) is 9.06. The first-order valence-corrected chi connectivity index (χ1v) is 6.66. The number of benzene rings is 1. The minimum absolute atomic E-state index is 0.224. The van der Waals surface area contributed by atoms with Gasteiger partial charge in [-0.2, -0.15) is 0 Å². The molecule has 1 unspecified atom stereocenters. The number of allylic oxidation sites excluding steroid dienone is 3. The maximum absolute atomic E-state index is 13.2. The van der Waals surface area contributed by atoms with Crippen molar-refractivity contribution in [2.24, 2.45) is 5.73 Å². The molecule has 3 rings (SSSR count). The highest BCUT2D eigenvalue weighted by Crippen LogP contribution is 2.36. The number of hydrogen-bond acceptors (Lipinski definition) is 3. The number of halogens is 1. The molecule has 1 aliphatic rings. The molecule has 0 fully saturated rings. The summed E-state index contributed by atoms with van der Waals surface area (Å²) < 4.78 is 14.1. The first-order chi connectivity index (χ1) is 8.73. The van der Waals surface area contributed by atoms with E-state index in [4.69, 9.17) is 5.73 Å². The molecule has 1 aliphatic carbocycles. The molecule has 0 bridgehead atoms. The van der Waals surface area contributed by atoms with E-state index in [1.165, 1.54) is 23.5 Å². The standard InChI is InChI=1S/C14H13FN2S/c15-10-4-5-11-12(8-10)18-13(17-11)14(9-16)6-2-1-3-7-14/h1-6,8H,7,9,16H2. The van der Waals surface area contributed by atoms with Crippen LogP contribution in [0.25, 0.3) is 10.2 Å². The number of nitrogens with two attached hydrogens (primary N) is 1. The van der Waals surface area contributed by atoms with Crippen LogP contribution < -0.4 is 5.73 Å². The Morgan fingerprint density at radius 3 is 3.00 bits per heavy atom.